The molecule has 0 aliphatic carbocycles. The summed E-state index contributed by atoms with van der Waals surface area (Å²) < 4.78 is 53.0. The molecule has 0 amide bonds. The minimum atomic E-state index is -4.58. The van der Waals surface area contributed by atoms with Crippen molar-refractivity contribution < 1.29 is 37.1 Å². The van der Waals surface area contributed by atoms with Crippen molar-refractivity contribution in [2.45, 2.75) is 17.7 Å². The lowest BCUT2D eigenvalue weighted by molar-refractivity contribution is -0.385. The van der Waals surface area contributed by atoms with Crippen LogP contribution in [0, 0.1) is 20.2 Å². The van der Waals surface area contributed by atoms with Crippen LogP contribution in [0.1, 0.15) is 11.1 Å². The zero-order chi connectivity index (χ0) is 30.5. The number of non-ortho nitro benzene ring substituents is 2. The zero-order valence-electron chi connectivity index (χ0n) is 22.4. The molecule has 0 aliphatic heterocycles. The summed E-state index contributed by atoms with van der Waals surface area (Å²) in [5.74, 6) is 0. The molecule has 0 radical (unpaired) electrons. The summed E-state index contributed by atoms with van der Waals surface area (Å²) in [7, 11) is -9.16. The first kappa shape index (κ1) is 33.7. The fourth-order valence-electron chi connectivity index (χ4n) is 3.88. The van der Waals surface area contributed by atoms with Gasteiger partial charge >= 0.3 is 15.2 Å². The average molecular weight is 607 g/mol. The first-order valence-corrected chi connectivity index (χ1v) is 15.3. The SMILES string of the molecule is C=CCOP(=O)(OCC=C)C(Cc1ccc([N+](=O)[O-])cc1)(Cc1ccc([N+](=O)[O-])cc1)P(=O)(OCC=C)OCC=C. The molecule has 0 spiro atoms. The Kier molecular flexibility index (Phi) is 12.7. The van der Waals surface area contributed by atoms with E-state index in [1.54, 1.807) is 0 Å². The van der Waals surface area contributed by atoms with Crippen LogP contribution >= 0.6 is 15.2 Å². The van der Waals surface area contributed by atoms with Crippen LogP contribution in [-0.2, 0) is 40.1 Å². The molecule has 14 heteroatoms. The quantitative estimate of drug-likeness (QED) is 0.0654. The second kappa shape index (κ2) is 15.5. The van der Waals surface area contributed by atoms with Crippen LogP contribution in [0.2, 0.25) is 0 Å². The Bertz CT molecular complexity index is 1210. The molecule has 0 saturated carbocycles. The van der Waals surface area contributed by atoms with E-state index < -0.39 is 29.9 Å². The summed E-state index contributed by atoms with van der Waals surface area (Å²) in [6.07, 6.45) is 4.64. The van der Waals surface area contributed by atoms with Crippen molar-refractivity contribution in [2.75, 3.05) is 26.4 Å². The molecule has 0 aliphatic rings. The van der Waals surface area contributed by atoms with E-state index >= 15 is 0 Å². The molecular weight excluding hydrogens is 574 g/mol. The Morgan fingerprint density at radius 2 is 0.878 bits per heavy atom. The van der Waals surface area contributed by atoms with Crippen molar-refractivity contribution in [3.63, 3.8) is 0 Å². The van der Waals surface area contributed by atoms with Gasteiger partial charge in [0.2, 0.25) is 0 Å². The Morgan fingerprint density at radius 1 is 0.610 bits per heavy atom. The van der Waals surface area contributed by atoms with Gasteiger partial charge in [-0.3, -0.25) is 29.4 Å². The molecule has 0 saturated heterocycles. The van der Waals surface area contributed by atoms with Crippen LogP contribution in [0.15, 0.2) is 99.2 Å². The maximum atomic E-state index is 14.9. The van der Waals surface area contributed by atoms with Gasteiger partial charge in [0.15, 0.2) is 4.90 Å². The molecule has 2 rings (SSSR count). The summed E-state index contributed by atoms with van der Waals surface area (Å²) >= 11 is 0. The van der Waals surface area contributed by atoms with Gasteiger partial charge in [-0.25, -0.2) is 0 Å². The fourth-order valence-corrected chi connectivity index (χ4v) is 9.60. The first-order chi connectivity index (χ1) is 19.5. The van der Waals surface area contributed by atoms with Crippen LogP contribution in [-0.4, -0.2) is 41.2 Å². The smallest absolute Gasteiger partial charge is 0.304 e. The minimum absolute atomic E-state index is 0.197. The van der Waals surface area contributed by atoms with Gasteiger partial charge in [-0.05, 0) is 11.1 Å². The standard InChI is InChI=1S/C27H32N2O10P2/c1-5-17-36-40(34,37-18-6-2)27(41(35,38-19-7-3)39-20-8-4,21-23-9-13-25(14-10-23)28(30)31)22-24-11-15-26(16-12-24)29(32)33/h5-16H,1-4,17-22H2. The molecule has 2 aromatic rings. The third kappa shape index (κ3) is 8.27. The number of hydrogen-bond acceptors (Lipinski definition) is 10. The fraction of sp³-hybridized carbons (Fsp3) is 0.259. The number of nitro groups is 2. The van der Waals surface area contributed by atoms with Gasteiger partial charge in [0, 0.05) is 37.1 Å². The molecular formula is C27H32N2O10P2. The third-order valence-corrected chi connectivity index (χ3v) is 11.8. The Hall–Kier alpha value is -3.50. The molecule has 0 N–H and O–H groups in total. The van der Waals surface area contributed by atoms with Crippen LogP contribution in [0.4, 0.5) is 11.4 Å². The molecule has 0 unspecified atom stereocenters. The Balaban J connectivity index is 2.95. The predicted octanol–water partition coefficient (Wildman–Crippen LogP) is 7.18. The van der Waals surface area contributed by atoms with Gasteiger partial charge < -0.3 is 18.1 Å². The zero-order valence-corrected chi connectivity index (χ0v) is 24.2. The van der Waals surface area contributed by atoms with Gasteiger partial charge in [-0.15, -0.1) is 26.3 Å². The largest absolute Gasteiger partial charge is 0.350 e. The molecule has 0 atom stereocenters. The Morgan fingerprint density at radius 3 is 1.10 bits per heavy atom. The topological polar surface area (TPSA) is 157 Å². The van der Waals surface area contributed by atoms with Gasteiger partial charge in [-0.1, -0.05) is 48.6 Å². The Labute approximate surface area is 238 Å². The lowest BCUT2D eigenvalue weighted by atomic mass is 10.0. The summed E-state index contributed by atoms with van der Waals surface area (Å²) in [5, 5.41) is 22.5. The molecule has 0 aromatic heterocycles. The van der Waals surface area contributed by atoms with Crippen molar-refractivity contribution in [1.29, 1.82) is 0 Å². The lowest BCUT2D eigenvalue weighted by Crippen LogP contribution is -2.38. The van der Waals surface area contributed by atoms with Gasteiger partial charge in [-0.2, -0.15) is 0 Å². The lowest BCUT2D eigenvalue weighted by Gasteiger charge is -2.42. The first-order valence-electron chi connectivity index (χ1n) is 12.2. The van der Waals surface area contributed by atoms with Crippen molar-refractivity contribution >= 4 is 26.6 Å². The van der Waals surface area contributed by atoms with Gasteiger partial charge in [0.1, 0.15) is 0 Å². The van der Waals surface area contributed by atoms with Crippen LogP contribution in [0.3, 0.4) is 0 Å². The summed E-state index contributed by atoms with van der Waals surface area (Å²) in [4.78, 5) is 19.2. The molecule has 12 nitrogen and oxygen atoms in total. The molecule has 41 heavy (non-hydrogen) atoms. The molecule has 0 heterocycles. The van der Waals surface area contributed by atoms with E-state index in [4.69, 9.17) is 18.1 Å². The maximum absolute atomic E-state index is 14.9. The van der Waals surface area contributed by atoms with E-state index in [2.05, 4.69) is 26.3 Å². The van der Waals surface area contributed by atoms with Crippen molar-refractivity contribution in [2.24, 2.45) is 0 Å². The van der Waals surface area contributed by atoms with Crippen LogP contribution in [0.25, 0.3) is 0 Å². The average Bonchev–Trinajstić information content (AvgIpc) is 2.96. The van der Waals surface area contributed by atoms with E-state index in [1.807, 2.05) is 0 Å². The summed E-state index contributed by atoms with van der Waals surface area (Å²) in [5.41, 5.74) is 0.342. The highest BCUT2D eigenvalue weighted by molar-refractivity contribution is 7.74. The van der Waals surface area contributed by atoms with E-state index in [0.717, 1.165) is 0 Å². The van der Waals surface area contributed by atoms with E-state index in [0.29, 0.717) is 11.1 Å². The second-order valence-electron chi connectivity index (χ2n) is 8.52. The molecule has 2 aromatic carbocycles. The van der Waals surface area contributed by atoms with Gasteiger partial charge in [0.25, 0.3) is 11.4 Å². The van der Waals surface area contributed by atoms with Crippen LogP contribution in [0.5, 0.6) is 0 Å². The van der Waals surface area contributed by atoms with E-state index in [9.17, 15) is 29.4 Å². The monoisotopic (exact) mass is 606 g/mol. The van der Waals surface area contributed by atoms with E-state index in [1.165, 1.54) is 72.8 Å². The second-order valence-corrected chi connectivity index (χ2v) is 13.6. The van der Waals surface area contributed by atoms with Crippen molar-refractivity contribution in [1.82, 2.24) is 0 Å². The minimum Gasteiger partial charge on any atom is -0.304 e. The van der Waals surface area contributed by atoms with Crippen molar-refractivity contribution in [3.05, 3.63) is 131 Å². The van der Waals surface area contributed by atoms with Gasteiger partial charge in [0.05, 0.1) is 36.3 Å². The highest BCUT2D eigenvalue weighted by Crippen LogP contribution is 2.79. The normalized spacial score (nSPS) is 11.9. The number of rotatable bonds is 20. The summed E-state index contributed by atoms with van der Waals surface area (Å²) in [6, 6.07) is 10.6. The van der Waals surface area contributed by atoms with E-state index in [-0.39, 0.29) is 50.6 Å². The summed E-state index contributed by atoms with van der Waals surface area (Å²) in [6.45, 7) is 13.3. The molecule has 0 fully saturated rings. The number of nitro benzene ring substituents is 2. The number of benzene rings is 2. The maximum Gasteiger partial charge on any atom is 0.350 e. The van der Waals surface area contributed by atoms with Crippen molar-refractivity contribution in [3.8, 4) is 0 Å². The van der Waals surface area contributed by atoms with Crippen LogP contribution < -0.4 is 0 Å². The molecule has 220 valence electrons. The molecule has 0 bridgehead atoms. The number of hydrogen-bond donors (Lipinski definition) is 0. The highest BCUT2D eigenvalue weighted by atomic mass is 31.2. The third-order valence-electron chi connectivity index (χ3n) is 5.74. The highest BCUT2D eigenvalue weighted by Gasteiger charge is 2.65. The predicted molar refractivity (Wildman–Crippen MR) is 156 cm³/mol. The number of nitrogens with zero attached hydrogens (tertiary/aromatic N) is 2.